The largest absolute Gasteiger partial charge is 0.120 e. The Labute approximate surface area is 71.4 Å². The van der Waals surface area contributed by atoms with E-state index in [1.807, 2.05) is 0 Å². The predicted molar refractivity (Wildman–Crippen MR) is 51.2 cm³/mol. The molecule has 0 N–H and O–H groups in total. The molecule has 0 heteroatoms. The summed E-state index contributed by atoms with van der Waals surface area (Å²) in [5.74, 6) is 4.82. The van der Waals surface area contributed by atoms with Crippen molar-refractivity contribution in [2.45, 2.75) is 40.5 Å². The van der Waals surface area contributed by atoms with Crippen LogP contribution in [0.3, 0.4) is 0 Å². The number of rotatable bonds is 4. The Morgan fingerprint density at radius 1 is 1.09 bits per heavy atom. The highest BCUT2D eigenvalue weighted by molar-refractivity contribution is 4.90. The molecule has 0 aliphatic carbocycles. The summed E-state index contributed by atoms with van der Waals surface area (Å²) < 4.78 is 0. The molecule has 0 rings (SSSR count). The molecule has 0 fully saturated rings. The van der Waals surface area contributed by atoms with Gasteiger partial charge < -0.3 is 0 Å². The van der Waals surface area contributed by atoms with Crippen LogP contribution in [0.25, 0.3) is 0 Å². The third kappa shape index (κ3) is 4.90. The Morgan fingerprint density at radius 2 is 1.64 bits per heavy atom. The summed E-state index contributed by atoms with van der Waals surface area (Å²) in [6.07, 6.45) is 7.73. The average molecular weight is 152 g/mol. The molecule has 0 aliphatic heterocycles. The van der Waals surface area contributed by atoms with E-state index in [4.69, 9.17) is 6.42 Å². The smallest absolute Gasteiger partial charge is 0.0172 e. The molecule has 0 nitrogen and oxygen atoms in total. The van der Waals surface area contributed by atoms with E-state index in [2.05, 4.69) is 33.6 Å². The summed E-state index contributed by atoms with van der Waals surface area (Å²) in [5.41, 5.74) is 0. The zero-order chi connectivity index (χ0) is 8.85. The van der Waals surface area contributed by atoms with Crippen LogP contribution in [-0.2, 0) is 0 Å². The Balaban J connectivity index is 3.47. The van der Waals surface area contributed by atoms with Crippen molar-refractivity contribution in [3.8, 4) is 12.3 Å². The van der Waals surface area contributed by atoms with Gasteiger partial charge in [0.25, 0.3) is 0 Å². The maximum Gasteiger partial charge on any atom is 0.0172 e. The zero-order valence-corrected chi connectivity index (χ0v) is 8.22. The average Bonchev–Trinajstić information content (AvgIpc) is 1.99. The van der Waals surface area contributed by atoms with Crippen molar-refractivity contribution in [1.82, 2.24) is 0 Å². The summed E-state index contributed by atoms with van der Waals surface area (Å²) in [7, 11) is 0. The van der Waals surface area contributed by atoms with Crippen molar-refractivity contribution in [1.29, 1.82) is 0 Å². The Kier molecular flexibility index (Phi) is 5.03. The molecule has 11 heavy (non-hydrogen) atoms. The van der Waals surface area contributed by atoms with Crippen molar-refractivity contribution < 1.29 is 0 Å². The molecule has 0 aromatic heterocycles. The summed E-state index contributed by atoms with van der Waals surface area (Å²) in [6, 6.07) is 0. The number of hydrogen-bond acceptors (Lipinski definition) is 0. The Morgan fingerprint density at radius 3 is 2.00 bits per heavy atom. The van der Waals surface area contributed by atoms with Gasteiger partial charge in [-0.15, -0.1) is 12.3 Å². The molecule has 64 valence electrons. The second-order valence-corrected chi connectivity index (χ2v) is 3.87. The van der Waals surface area contributed by atoms with Crippen LogP contribution in [0.4, 0.5) is 0 Å². The summed E-state index contributed by atoms with van der Waals surface area (Å²) in [4.78, 5) is 0. The molecule has 0 aliphatic rings. The molecule has 2 atom stereocenters. The molecule has 0 spiro atoms. The highest BCUT2D eigenvalue weighted by Gasteiger charge is 2.07. The van der Waals surface area contributed by atoms with Crippen LogP contribution in [0.2, 0.25) is 0 Å². The van der Waals surface area contributed by atoms with Crippen LogP contribution in [0.5, 0.6) is 0 Å². The maximum absolute atomic E-state index is 5.28. The lowest BCUT2D eigenvalue weighted by atomic mass is 9.90. The van der Waals surface area contributed by atoms with Gasteiger partial charge in [-0.2, -0.15) is 0 Å². The second kappa shape index (κ2) is 5.24. The van der Waals surface area contributed by atoms with Crippen molar-refractivity contribution in [3.05, 3.63) is 0 Å². The van der Waals surface area contributed by atoms with Crippen molar-refractivity contribution in [3.63, 3.8) is 0 Å². The van der Waals surface area contributed by atoms with Gasteiger partial charge in [0.15, 0.2) is 0 Å². The minimum Gasteiger partial charge on any atom is -0.120 e. The minimum atomic E-state index is 0.455. The summed E-state index contributed by atoms with van der Waals surface area (Å²) >= 11 is 0. The highest BCUT2D eigenvalue weighted by Crippen LogP contribution is 2.18. The van der Waals surface area contributed by atoms with Crippen LogP contribution in [0.1, 0.15) is 40.5 Å². The van der Waals surface area contributed by atoms with Gasteiger partial charge in [-0.1, -0.05) is 27.7 Å². The first kappa shape index (κ1) is 10.6. The van der Waals surface area contributed by atoms with Crippen molar-refractivity contribution >= 4 is 0 Å². The molecule has 2 unspecified atom stereocenters. The van der Waals surface area contributed by atoms with E-state index in [0.29, 0.717) is 5.92 Å². The van der Waals surface area contributed by atoms with Gasteiger partial charge in [-0.3, -0.25) is 0 Å². The third-order valence-electron chi connectivity index (χ3n) is 2.48. The Hall–Kier alpha value is -0.440. The van der Waals surface area contributed by atoms with Crippen molar-refractivity contribution in [2.24, 2.45) is 17.8 Å². The van der Waals surface area contributed by atoms with Crippen LogP contribution in [0, 0.1) is 30.1 Å². The standard InChI is InChI=1S/C11H20/c1-6-10(4)7-8-11(5)9(2)3/h1,9-11H,7-8H2,2-5H3. The van der Waals surface area contributed by atoms with E-state index in [-0.39, 0.29) is 0 Å². The first-order valence-corrected chi connectivity index (χ1v) is 4.54. The molecular formula is C11H20. The molecule has 0 bridgehead atoms. The first-order valence-electron chi connectivity index (χ1n) is 4.54. The molecular weight excluding hydrogens is 132 g/mol. The quantitative estimate of drug-likeness (QED) is 0.542. The topological polar surface area (TPSA) is 0 Å². The monoisotopic (exact) mass is 152 g/mol. The van der Waals surface area contributed by atoms with Gasteiger partial charge in [-0.25, -0.2) is 0 Å². The maximum atomic E-state index is 5.28. The second-order valence-electron chi connectivity index (χ2n) is 3.87. The van der Waals surface area contributed by atoms with E-state index in [9.17, 15) is 0 Å². The summed E-state index contributed by atoms with van der Waals surface area (Å²) in [5, 5.41) is 0. The van der Waals surface area contributed by atoms with Gasteiger partial charge in [0.05, 0.1) is 0 Å². The van der Waals surface area contributed by atoms with E-state index < -0.39 is 0 Å². The number of terminal acetylenes is 1. The van der Waals surface area contributed by atoms with Gasteiger partial charge in [0, 0.05) is 5.92 Å². The first-order chi connectivity index (χ1) is 5.07. The lowest BCUT2D eigenvalue weighted by molar-refractivity contribution is 0.369. The molecule has 0 radical (unpaired) electrons. The van der Waals surface area contributed by atoms with E-state index in [1.54, 1.807) is 0 Å². The lowest BCUT2D eigenvalue weighted by Crippen LogP contribution is -2.05. The third-order valence-corrected chi connectivity index (χ3v) is 2.48. The molecule has 0 amide bonds. The predicted octanol–water partition coefficient (Wildman–Crippen LogP) is 3.33. The lowest BCUT2D eigenvalue weighted by Gasteiger charge is -2.15. The van der Waals surface area contributed by atoms with E-state index in [1.165, 1.54) is 12.8 Å². The van der Waals surface area contributed by atoms with Crippen LogP contribution in [0.15, 0.2) is 0 Å². The van der Waals surface area contributed by atoms with Gasteiger partial charge in [0.1, 0.15) is 0 Å². The van der Waals surface area contributed by atoms with E-state index in [0.717, 1.165) is 11.8 Å². The normalized spacial score (nSPS) is 16.0. The van der Waals surface area contributed by atoms with Crippen LogP contribution >= 0.6 is 0 Å². The highest BCUT2D eigenvalue weighted by atomic mass is 14.1. The van der Waals surface area contributed by atoms with Crippen molar-refractivity contribution in [2.75, 3.05) is 0 Å². The SMILES string of the molecule is C#CC(C)CCC(C)C(C)C. The Bertz CT molecular complexity index is 127. The molecule has 0 aromatic carbocycles. The fraction of sp³-hybridized carbons (Fsp3) is 0.818. The summed E-state index contributed by atoms with van der Waals surface area (Å²) in [6.45, 7) is 8.96. The molecule has 0 saturated heterocycles. The van der Waals surface area contributed by atoms with Gasteiger partial charge in [0.2, 0.25) is 0 Å². The molecule has 0 aromatic rings. The van der Waals surface area contributed by atoms with Gasteiger partial charge in [-0.05, 0) is 24.7 Å². The fourth-order valence-corrected chi connectivity index (χ4v) is 0.930. The van der Waals surface area contributed by atoms with Gasteiger partial charge >= 0.3 is 0 Å². The molecule has 0 heterocycles. The van der Waals surface area contributed by atoms with Crippen LogP contribution in [-0.4, -0.2) is 0 Å². The zero-order valence-electron chi connectivity index (χ0n) is 8.22. The fourth-order valence-electron chi connectivity index (χ4n) is 0.930. The molecule has 0 saturated carbocycles. The van der Waals surface area contributed by atoms with E-state index >= 15 is 0 Å². The minimum absolute atomic E-state index is 0.455. The van der Waals surface area contributed by atoms with Crippen LogP contribution < -0.4 is 0 Å². The number of hydrogen-bond donors (Lipinski definition) is 0.